The van der Waals surface area contributed by atoms with E-state index in [0.717, 1.165) is 0 Å². The third-order valence-corrected chi connectivity index (χ3v) is 5.58. The van der Waals surface area contributed by atoms with Crippen LogP contribution in [0.3, 0.4) is 0 Å². The number of amides is 1. The lowest BCUT2D eigenvalue weighted by Gasteiger charge is -2.11. The molecule has 0 spiro atoms. The van der Waals surface area contributed by atoms with Crippen molar-refractivity contribution < 1.29 is 4.79 Å². The van der Waals surface area contributed by atoms with Gasteiger partial charge in [-0.1, -0.05) is 11.8 Å². The molecule has 2 rings (SSSR count). The molecule has 1 aliphatic rings. The number of nitrogens with zero attached hydrogens (tertiary/aromatic N) is 2. The van der Waals surface area contributed by atoms with Crippen LogP contribution in [0, 0.1) is 17.8 Å². The lowest BCUT2D eigenvalue weighted by atomic mass is 10.1. The molecule has 0 aromatic carbocycles. The molecule has 1 aromatic rings. The van der Waals surface area contributed by atoms with Crippen LogP contribution in [0.4, 0.5) is 5.69 Å². The zero-order chi connectivity index (χ0) is 17.7. The van der Waals surface area contributed by atoms with Gasteiger partial charge in [-0.2, -0.15) is 0 Å². The minimum absolute atomic E-state index is 0.0111. The van der Waals surface area contributed by atoms with E-state index in [-0.39, 0.29) is 27.3 Å². The van der Waals surface area contributed by atoms with Crippen molar-refractivity contribution >= 4 is 35.0 Å². The van der Waals surface area contributed by atoms with Gasteiger partial charge in [0, 0.05) is 24.7 Å². The molecular formula is C17H22ClN3O2S. The summed E-state index contributed by atoms with van der Waals surface area (Å²) in [6.07, 6.45) is 2.30. The molecule has 130 valence electrons. The predicted molar refractivity (Wildman–Crippen MR) is 100 cm³/mol. The molecule has 0 bridgehead atoms. The Balaban J connectivity index is 1.98. The first-order chi connectivity index (χ1) is 11.4. The van der Waals surface area contributed by atoms with Crippen LogP contribution < -0.4 is 10.9 Å². The van der Waals surface area contributed by atoms with E-state index in [1.54, 1.807) is 16.8 Å². The second-order valence-corrected chi connectivity index (χ2v) is 7.99. The van der Waals surface area contributed by atoms with Gasteiger partial charge in [-0.05, 0) is 33.5 Å². The minimum Gasteiger partial charge on any atom is -0.324 e. The first-order valence-corrected chi connectivity index (χ1v) is 9.22. The van der Waals surface area contributed by atoms with Crippen LogP contribution in [-0.4, -0.2) is 46.0 Å². The van der Waals surface area contributed by atoms with Crippen molar-refractivity contribution in [2.45, 2.75) is 29.8 Å². The number of rotatable bonds is 4. The van der Waals surface area contributed by atoms with E-state index in [4.69, 9.17) is 11.6 Å². The topological polar surface area (TPSA) is 54.3 Å². The maximum absolute atomic E-state index is 12.4. The van der Waals surface area contributed by atoms with E-state index >= 15 is 0 Å². The molecule has 1 aliphatic heterocycles. The summed E-state index contributed by atoms with van der Waals surface area (Å²) in [5, 5.41) is 2.64. The molecule has 0 saturated carbocycles. The second kappa shape index (κ2) is 8.61. The molecular weight excluding hydrogens is 346 g/mol. The predicted octanol–water partition coefficient (Wildman–Crippen LogP) is 2.06. The third-order valence-electron chi connectivity index (χ3n) is 3.65. The number of alkyl halides is 1. The van der Waals surface area contributed by atoms with Crippen LogP contribution in [-0.2, 0) is 11.3 Å². The van der Waals surface area contributed by atoms with Crippen LogP contribution >= 0.6 is 23.4 Å². The maximum atomic E-state index is 12.4. The lowest BCUT2D eigenvalue weighted by Crippen LogP contribution is -2.25. The average molecular weight is 368 g/mol. The van der Waals surface area contributed by atoms with Crippen molar-refractivity contribution in [1.82, 2.24) is 9.47 Å². The van der Waals surface area contributed by atoms with E-state index in [9.17, 15) is 9.59 Å². The molecule has 1 fully saturated rings. The fourth-order valence-corrected chi connectivity index (χ4v) is 4.07. The highest BCUT2D eigenvalue weighted by Crippen LogP contribution is 2.41. The second-order valence-electron chi connectivity index (χ2n) is 5.91. The van der Waals surface area contributed by atoms with Gasteiger partial charge in [0.25, 0.3) is 5.56 Å². The Morgan fingerprint density at radius 1 is 1.50 bits per heavy atom. The van der Waals surface area contributed by atoms with Gasteiger partial charge in [0.2, 0.25) is 5.91 Å². The van der Waals surface area contributed by atoms with E-state index in [1.165, 1.54) is 17.8 Å². The quantitative estimate of drug-likeness (QED) is 0.653. The standard InChI is InChI=1S/C17H22ClN3O2S/c1-4-21-11-13(7-8-15(21)22)19-17(23)14-10-12(16(18)24-14)6-5-9-20(2)3/h7-8,11-12,14,16H,4,9-10H2,1-3H3,(H,19,23). The van der Waals surface area contributed by atoms with Crippen LogP contribution in [0.15, 0.2) is 23.1 Å². The summed E-state index contributed by atoms with van der Waals surface area (Å²) in [6, 6.07) is 3.08. The van der Waals surface area contributed by atoms with Gasteiger partial charge in [-0.15, -0.1) is 23.4 Å². The number of carbonyl (C=O) groups excluding carboxylic acids is 1. The van der Waals surface area contributed by atoms with Crippen LogP contribution in [0.2, 0.25) is 0 Å². The van der Waals surface area contributed by atoms with Gasteiger partial charge in [-0.3, -0.25) is 14.5 Å². The number of halogens is 1. The fraction of sp³-hybridized carbons (Fsp3) is 0.529. The smallest absolute Gasteiger partial charge is 0.250 e. The molecule has 1 saturated heterocycles. The number of thioether (sulfide) groups is 1. The van der Waals surface area contributed by atoms with Crippen LogP contribution in [0.5, 0.6) is 0 Å². The number of carbonyl (C=O) groups is 1. The maximum Gasteiger partial charge on any atom is 0.250 e. The van der Waals surface area contributed by atoms with E-state index in [1.807, 2.05) is 25.9 Å². The lowest BCUT2D eigenvalue weighted by molar-refractivity contribution is -0.115. The number of aromatic nitrogens is 1. The Bertz CT molecular complexity index is 708. The Hall–Kier alpha value is -1.42. The number of nitrogens with one attached hydrogen (secondary N) is 1. The Morgan fingerprint density at radius 2 is 2.25 bits per heavy atom. The van der Waals surface area contributed by atoms with E-state index < -0.39 is 0 Å². The Morgan fingerprint density at radius 3 is 2.92 bits per heavy atom. The molecule has 1 aromatic heterocycles. The normalized spacial score (nSPS) is 23.0. The van der Waals surface area contributed by atoms with Gasteiger partial charge in [-0.25, -0.2) is 0 Å². The van der Waals surface area contributed by atoms with Crippen molar-refractivity contribution in [2.75, 3.05) is 26.0 Å². The summed E-state index contributed by atoms with van der Waals surface area (Å²) in [4.78, 5) is 26.0. The summed E-state index contributed by atoms with van der Waals surface area (Å²) < 4.78 is 1.37. The van der Waals surface area contributed by atoms with Crippen molar-refractivity contribution in [3.63, 3.8) is 0 Å². The minimum atomic E-state index is -0.229. The molecule has 3 atom stereocenters. The van der Waals surface area contributed by atoms with Gasteiger partial charge in [0.15, 0.2) is 0 Å². The number of hydrogen-bond donors (Lipinski definition) is 1. The number of hydrogen-bond acceptors (Lipinski definition) is 4. The molecule has 24 heavy (non-hydrogen) atoms. The summed E-state index contributed by atoms with van der Waals surface area (Å²) in [6.45, 7) is 3.13. The average Bonchev–Trinajstić information content (AvgIpc) is 2.90. The highest BCUT2D eigenvalue weighted by molar-refractivity contribution is 8.02. The van der Waals surface area contributed by atoms with Gasteiger partial charge >= 0.3 is 0 Å². The van der Waals surface area contributed by atoms with Gasteiger partial charge < -0.3 is 9.88 Å². The largest absolute Gasteiger partial charge is 0.324 e. The molecule has 3 unspecified atom stereocenters. The molecule has 0 aliphatic carbocycles. The summed E-state index contributed by atoms with van der Waals surface area (Å²) >= 11 is 7.77. The SMILES string of the molecule is CCn1cc(NC(=O)C2CC(C#CCN(C)C)C(Cl)S2)ccc1=O. The number of anilines is 1. The first kappa shape index (κ1) is 18.9. The number of aryl methyl sites for hydroxylation is 1. The fourth-order valence-electron chi connectivity index (χ4n) is 2.35. The van der Waals surface area contributed by atoms with Crippen LogP contribution in [0.25, 0.3) is 0 Å². The van der Waals surface area contributed by atoms with Crippen molar-refractivity contribution in [2.24, 2.45) is 5.92 Å². The molecule has 1 amide bonds. The van der Waals surface area contributed by atoms with Crippen molar-refractivity contribution in [3.8, 4) is 11.8 Å². The molecule has 5 nitrogen and oxygen atoms in total. The zero-order valence-corrected chi connectivity index (χ0v) is 15.7. The van der Waals surface area contributed by atoms with E-state index in [2.05, 4.69) is 17.2 Å². The Labute approximate surface area is 151 Å². The third kappa shape index (κ3) is 5.04. The number of pyridine rings is 1. The molecule has 2 heterocycles. The van der Waals surface area contributed by atoms with E-state index in [0.29, 0.717) is 25.2 Å². The zero-order valence-electron chi connectivity index (χ0n) is 14.1. The molecule has 0 radical (unpaired) electrons. The molecule has 1 N–H and O–H groups in total. The highest BCUT2D eigenvalue weighted by atomic mass is 35.5. The highest BCUT2D eigenvalue weighted by Gasteiger charge is 2.36. The van der Waals surface area contributed by atoms with Crippen molar-refractivity contribution in [3.05, 3.63) is 28.7 Å². The summed E-state index contributed by atoms with van der Waals surface area (Å²) in [5.41, 5.74) is 0.540. The van der Waals surface area contributed by atoms with Gasteiger partial charge in [0.1, 0.15) is 0 Å². The molecule has 7 heteroatoms. The van der Waals surface area contributed by atoms with Gasteiger partial charge in [0.05, 0.1) is 22.2 Å². The summed E-state index contributed by atoms with van der Waals surface area (Å²) in [7, 11) is 3.92. The monoisotopic (exact) mass is 367 g/mol. The summed E-state index contributed by atoms with van der Waals surface area (Å²) in [5.74, 6) is 6.18. The van der Waals surface area contributed by atoms with Crippen LogP contribution in [0.1, 0.15) is 13.3 Å². The van der Waals surface area contributed by atoms with Crippen molar-refractivity contribution in [1.29, 1.82) is 0 Å². The first-order valence-electron chi connectivity index (χ1n) is 7.84. The Kier molecular flexibility index (Phi) is 6.79.